The van der Waals surface area contributed by atoms with Crippen LogP contribution >= 0.6 is 23.2 Å². The van der Waals surface area contributed by atoms with Crippen molar-refractivity contribution in [3.8, 4) is 0 Å². The summed E-state index contributed by atoms with van der Waals surface area (Å²) in [5.41, 5.74) is 1.93. The van der Waals surface area contributed by atoms with Crippen molar-refractivity contribution < 1.29 is 0 Å². The quantitative estimate of drug-likeness (QED) is 0.776. The molecule has 0 atom stereocenters. The Kier molecular flexibility index (Phi) is 5.96. The summed E-state index contributed by atoms with van der Waals surface area (Å²) in [4.78, 5) is 0. The van der Waals surface area contributed by atoms with Gasteiger partial charge in [0.05, 0.1) is 16.4 Å². The molecule has 0 aliphatic carbocycles. The second-order valence-corrected chi connectivity index (χ2v) is 5.28. The molecule has 0 aliphatic heterocycles. The minimum Gasteiger partial charge on any atom is -0.304 e. The van der Waals surface area contributed by atoms with Crippen molar-refractivity contribution in [2.75, 3.05) is 5.88 Å². The van der Waals surface area contributed by atoms with Crippen LogP contribution < -0.4 is 5.32 Å². The van der Waals surface area contributed by atoms with E-state index in [4.69, 9.17) is 23.2 Å². The van der Waals surface area contributed by atoms with Crippen LogP contribution in [0.5, 0.6) is 0 Å². The highest BCUT2D eigenvalue weighted by molar-refractivity contribution is 6.31. The van der Waals surface area contributed by atoms with E-state index in [1.165, 1.54) is 0 Å². The van der Waals surface area contributed by atoms with Crippen LogP contribution in [0.2, 0.25) is 5.02 Å². The smallest absolute Gasteiger partial charge is 0.0860 e. The van der Waals surface area contributed by atoms with E-state index < -0.39 is 0 Å². The number of rotatable bonds is 7. The van der Waals surface area contributed by atoms with Gasteiger partial charge in [0.1, 0.15) is 0 Å². The summed E-state index contributed by atoms with van der Waals surface area (Å²) in [6, 6.07) is 0. The van der Waals surface area contributed by atoms with E-state index >= 15 is 0 Å². The van der Waals surface area contributed by atoms with E-state index in [-0.39, 0.29) is 5.54 Å². The second kappa shape index (κ2) is 6.78. The first kappa shape index (κ1) is 15.8. The van der Waals surface area contributed by atoms with Gasteiger partial charge in [-0.25, -0.2) is 0 Å². The zero-order valence-electron chi connectivity index (χ0n) is 11.7. The van der Waals surface area contributed by atoms with Crippen molar-refractivity contribution in [3.63, 3.8) is 0 Å². The van der Waals surface area contributed by atoms with Crippen LogP contribution in [0.1, 0.15) is 45.0 Å². The molecule has 1 heterocycles. The van der Waals surface area contributed by atoms with Gasteiger partial charge in [-0.2, -0.15) is 5.10 Å². The normalized spacial score (nSPS) is 12.1. The highest BCUT2D eigenvalue weighted by atomic mass is 35.5. The van der Waals surface area contributed by atoms with Crippen LogP contribution in [0.4, 0.5) is 0 Å². The van der Waals surface area contributed by atoms with Crippen molar-refractivity contribution in [2.45, 2.75) is 59.2 Å². The molecule has 1 rings (SSSR count). The Morgan fingerprint density at radius 2 is 1.89 bits per heavy atom. The van der Waals surface area contributed by atoms with Gasteiger partial charge in [0.25, 0.3) is 0 Å². The van der Waals surface area contributed by atoms with Crippen molar-refractivity contribution >= 4 is 23.2 Å². The van der Waals surface area contributed by atoms with E-state index in [1.54, 1.807) is 0 Å². The maximum atomic E-state index is 6.29. The molecule has 0 unspecified atom stereocenters. The number of alkyl halides is 1. The lowest BCUT2D eigenvalue weighted by atomic mass is 9.95. The molecule has 1 aromatic rings. The van der Waals surface area contributed by atoms with E-state index in [9.17, 15) is 0 Å². The van der Waals surface area contributed by atoms with E-state index in [2.05, 4.69) is 31.2 Å². The molecular weight excluding hydrogens is 269 g/mol. The summed E-state index contributed by atoms with van der Waals surface area (Å²) in [5, 5.41) is 8.73. The zero-order chi connectivity index (χ0) is 13.8. The maximum Gasteiger partial charge on any atom is 0.0860 e. The molecule has 1 aromatic heterocycles. The summed E-state index contributed by atoms with van der Waals surface area (Å²) >= 11 is 12.4. The SMILES string of the molecule is CCn1nc(C)c(Cl)c1CNC(CC)(CC)CCl. The standard InChI is InChI=1S/C13H23Cl2N3/c1-5-13(6-2,9-14)16-8-11-12(15)10(4)17-18(11)7-3/h16H,5-9H2,1-4H3. The fraction of sp³-hybridized carbons (Fsp3) is 0.769. The van der Waals surface area contributed by atoms with Gasteiger partial charge in [-0.3, -0.25) is 4.68 Å². The van der Waals surface area contributed by atoms with Gasteiger partial charge < -0.3 is 5.32 Å². The van der Waals surface area contributed by atoms with E-state index in [0.717, 1.165) is 35.8 Å². The Bertz CT molecular complexity index is 376. The largest absolute Gasteiger partial charge is 0.304 e. The van der Waals surface area contributed by atoms with Gasteiger partial charge in [-0.1, -0.05) is 25.4 Å². The monoisotopic (exact) mass is 291 g/mol. The van der Waals surface area contributed by atoms with Crippen LogP contribution in [0.15, 0.2) is 0 Å². The summed E-state index contributed by atoms with van der Waals surface area (Å²) in [7, 11) is 0. The number of hydrogen-bond acceptors (Lipinski definition) is 2. The van der Waals surface area contributed by atoms with Gasteiger partial charge >= 0.3 is 0 Å². The molecule has 1 N–H and O–H groups in total. The topological polar surface area (TPSA) is 29.9 Å². The summed E-state index contributed by atoms with van der Waals surface area (Å²) in [6.45, 7) is 9.86. The average molecular weight is 292 g/mol. The van der Waals surface area contributed by atoms with Gasteiger partial charge in [-0.05, 0) is 26.7 Å². The third kappa shape index (κ3) is 3.19. The number of halogens is 2. The molecule has 0 amide bonds. The van der Waals surface area contributed by atoms with Crippen LogP contribution in [0.3, 0.4) is 0 Å². The fourth-order valence-electron chi connectivity index (χ4n) is 2.05. The molecule has 18 heavy (non-hydrogen) atoms. The predicted octanol–water partition coefficient (Wildman–Crippen LogP) is 3.75. The molecule has 0 radical (unpaired) electrons. The Morgan fingerprint density at radius 1 is 1.28 bits per heavy atom. The predicted molar refractivity (Wildman–Crippen MR) is 78.5 cm³/mol. The summed E-state index contributed by atoms with van der Waals surface area (Å²) in [5.74, 6) is 0.608. The van der Waals surface area contributed by atoms with Crippen molar-refractivity contribution in [1.82, 2.24) is 15.1 Å². The van der Waals surface area contributed by atoms with Crippen LogP contribution in [-0.4, -0.2) is 21.2 Å². The molecule has 0 fully saturated rings. The number of aryl methyl sites for hydroxylation is 2. The van der Waals surface area contributed by atoms with Crippen molar-refractivity contribution in [2.24, 2.45) is 0 Å². The van der Waals surface area contributed by atoms with Crippen molar-refractivity contribution in [3.05, 3.63) is 16.4 Å². The lowest BCUT2D eigenvalue weighted by molar-refractivity contribution is 0.329. The molecular formula is C13H23Cl2N3. The fourth-order valence-corrected chi connectivity index (χ4v) is 2.72. The molecule has 0 saturated heterocycles. The highest BCUT2D eigenvalue weighted by Gasteiger charge is 2.25. The minimum atomic E-state index is -0.0123. The summed E-state index contributed by atoms with van der Waals surface area (Å²) in [6.07, 6.45) is 2.01. The Balaban J connectivity index is 2.85. The van der Waals surface area contributed by atoms with Gasteiger partial charge in [0, 0.05) is 24.5 Å². The van der Waals surface area contributed by atoms with Crippen LogP contribution in [0, 0.1) is 6.92 Å². The molecule has 0 spiro atoms. The highest BCUT2D eigenvalue weighted by Crippen LogP contribution is 2.23. The number of aromatic nitrogens is 2. The van der Waals surface area contributed by atoms with Gasteiger partial charge in [0.15, 0.2) is 0 Å². The Labute approximate surface area is 120 Å². The third-order valence-corrected chi connectivity index (χ3v) is 4.70. The zero-order valence-corrected chi connectivity index (χ0v) is 13.2. The first-order chi connectivity index (χ1) is 8.53. The lowest BCUT2D eigenvalue weighted by Crippen LogP contribution is -2.45. The number of hydrogen-bond donors (Lipinski definition) is 1. The molecule has 0 aliphatic rings. The maximum absolute atomic E-state index is 6.29. The number of nitrogens with one attached hydrogen (secondary N) is 1. The third-order valence-electron chi connectivity index (χ3n) is 3.69. The Morgan fingerprint density at radius 3 is 2.33 bits per heavy atom. The first-order valence-electron chi connectivity index (χ1n) is 6.56. The van der Waals surface area contributed by atoms with Crippen LogP contribution in [-0.2, 0) is 13.1 Å². The average Bonchev–Trinajstić information content (AvgIpc) is 2.68. The lowest BCUT2D eigenvalue weighted by Gasteiger charge is -2.31. The van der Waals surface area contributed by atoms with Crippen molar-refractivity contribution in [1.29, 1.82) is 0 Å². The van der Waals surface area contributed by atoms with Gasteiger partial charge in [0.2, 0.25) is 0 Å². The first-order valence-corrected chi connectivity index (χ1v) is 7.47. The van der Waals surface area contributed by atoms with E-state index in [0.29, 0.717) is 12.4 Å². The molecule has 0 bridgehead atoms. The molecule has 104 valence electrons. The van der Waals surface area contributed by atoms with E-state index in [1.807, 2.05) is 11.6 Å². The molecule has 0 saturated carbocycles. The van der Waals surface area contributed by atoms with Crippen LogP contribution in [0.25, 0.3) is 0 Å². The molecule has 5 heteroatoms. The molecule has 3 nitrogen and oxygen atoms in total. The van der Waals surface area contributed by atoms with Gasteiger partial charge in [-0.15, -0.1) is 11.6 Å². The minimum absolute atomic E-state index is 0.0123. The second-order valence-electron chi connectivity index (χ2n) is 4.64. The summed E-state index contributed by atoms with van der Waals surface area (Å²) < 4.78 is 1.95. The number of nitrogens with zero attached hydrogens (tertiary/aromatic N) is 2. The Hall–Kier alpha value is -0.250. The molecule has 0 aromatic carbocycles.